The molecule has 0 saturated carbocycles. The summed E-state index contributed by atoms with van der Waals surface area (Å²) in [5.41, 5.74) is -0.425. The third kappa shape index (κ3) is 28.7. The van der Waals surface area contributed by atoms with Crippen LogP contribution in [0, 0.1) is 0 Å². The van der Waals surface area contributed by atoms with E-state index in [1.807, 2.05) is 13.8 Å². The summed E-state index contributed by atoms with van der Waals surface area (Å²) in [6, 6.07) is 0. The van der Waals surface area contributed by atoms with E-state index in [9.17, 15) is 4.79 Å². The Hall–Kier alpha value is -0.810. The number of hydrogen-bond acceptors (Lipinski definition) is 8. The number of nitrogens with one attached hydrogen (secondary N) is 3. The van der Waals surface area contributed by atoms with Crippen LogP contribution in [0.2, 0.25) is 0 Å². The molecule has 0 aliphatic rings. The average molecular weight is 576 g/mol. The van der Waals surface area contributed by atoms with Crippen LogP contribution >= 0.6 is 0 Å². The Morgan fingerprint density at radius 1 is 0.525 bits per heavy atom. The maximum absolute atomic E-state index is 12.2. The zero-order valence-electron chi connectivity index (χ0n) is 27.8. The van der Waals surface area contributed by atoms with E-state index < -0.39 is 5.60 Å². The number of amides is 1. The molecular weight excluding hydrogens is 510 g/mol. The minimum atomic E-state index is -0.425. The second-order valence-electron chi connectivity index (χ2n) is 13.8. The van der Waals surface area contributed by atoms with Crippen molar-refractivity contribution in [1.82, 2.24) is 16.0 Å². The molecule has 40 heavy (non-hydrogen) atoms. The van der Waals surface area contributed by atoms with Gasteiger partial charge in [0.25, 0.3) is 0 Å². The maximum atomic E-state index is 12.2. The molecule has 9 nitrogen and oxygen atoms in total. The van der Waals surface area contributed by atoms with Crippen LogP contribution in [0.25, 0.3) is 0 Å². The number of unbranched alkanes of at least 4 members (excludes halogenated alkanes) is 1. The molecule has 0 rings (SSSR count). The van der Waals surface area contributed by atoms with Gasteiger partial charge < -0.3 is 39.6 Å². The first-order valence-corrected chi connectivity index (χ1v) is 15.3. The predicted molar refractivity (Wildman–Crippen MR) is 164 cm³/mol. The Labute approximate surface area is 246 Å². The smallest absolute Gasteiger partial charge is 0.246 e. The summed E-state index contributed by atoms with van der Waals surface area (Å²) in [7, 11) is 0. The molecule has 240 valence electrons. The molecule has 0 saturated heterocycles. The Morgan fingerprint density at radius 3 is 1.60 bits per heavy atom. The molecule has 0 aliphatic carbocycles. The van der Waals surface area contributed by atoms with Crippen molar-refractivity contribution in [3.63, 3.8) is 0 Å². The highest BCUT2D eigenvalue weighted by molar-refractivity contribution is 5.77. The summed E-state index contributed by atoms with van der Waals surface area (Å²) in [5, 5.41) is 9.78. The molecule has 0 radical (unpaired) electrons. The fourth-order valence-electron chi connectivity index (χ4n) is 3.55. The summed E-state index contributed by atoms with van der Waals surface area (Å²) in [4.78, 5) is 12.2. The lowest BCUT2D eigenvalue weighted by Gasteiger charge is -2.31. The summed E-state index contributed by atoms with van der Waals surface area (Å²) in [6.45, 7) is 27.8. The van der Waals surface area contributed by atoms with Crippen LogP contribution in [-0.4, -0.2) is 101 Å². The third-order valence-electron chi connectivity index (χ3n) is 6.08. The number of ether oxygens (including phenoxy) is 5. The fourth-order valence-corrected chi connectivity index (χ4v) is 3.55. The molecule has 0 bridgehead atoms. The SMILES string of the molecule is CC(C)(C)NCCCCOCCNC(=O)COC(C)(C)CCC(C)(C)OCCOCCOCCCNC(C)(C)C. The standard InChI is InChI=1S/C31H65N3O6/c1-28(2,3)33-16-11-12-19-36-21-18-32-27(35)26-40-31(9,10)15-14-30(7,8)39-25-24-38-23-22-37-20-13-17-34-29(4,5)6/h33-34H,11-26H2,1-10H3,(H,32,35). The van der Waals surface area contributed by atoms with Gasteiger partial charge in [-0.3, -0.25) is 4.79 Å². The van der Waals surface area contributed by atoms with Crippen molar-refractivity contribution in [2.75, 3.05) is 72.5 Å². The van der Waals surface area contributed by atoms with Gasteiger partial charge in [0, 0.05) is 30.8 Å². The van der Waals surface area contributed by atoms with Gasteiger partial charge in [0.1, 0.15) is 6.61 Å². The number of carbonyl (C=O) groups excluding carboxylic acids is 1. The lowest BCUT2D eigenvalue weighted by Crippen LogP contribution is -2.37. The van der Waals surface area contributed by atoms with Gasteiger partial charge in [-0.05, 0) is 114 Å². The molecule has 0 unspecified atom stereocenters. The van der Waals surface area contributed by atoms with Crippen LogP contribution in [0.15, 0.2) is 0 Å². The maximum Gasteiger partial charge on any atom is 0.246 e. The van der Waals surface area contributed by atoms with Gasteiger partial charge >= 0.3 is 0 Å². The van der Waals surface area contributed by atoms with E-state index in [0.717, 1.165) is 51.8 Å². The van der Waals surface area contributed by atoms with Crippen molar-refractivity contribution in [3.05, 3.63) is 0 Å². The normalized spacial score (nSPS) is 13.2. The second kappa shape index (κ2) is 21.0. The Bertz CT molecular complexity index is 630. The van der Waals surface area contributed by atoms with Gasteiger partial charge in [0.15, 0.2) is 0 Å². The van der Waals surface area contributed by atoms with Gasteiger partial charge in [0.2, 0.25) is 5.91 Å². The van der Waals surface area contributed by atoms with Gasteiger partial charge in [-0.2, -0.15) is 0 Å². The van der Waals surface area contributed by atoms with Crippen LogP contribution in [0.1, 0.15) is 101 Å². The van der Waals surface area contributed by atoms with Gasteiger partial charge in [-0.15, -0.1) is 0 Å². The second-order valence-corrected chi connectivity index (χ2v) is 13.8. The Morgan fingerprint density at radius 2 is 1.00 bits per heavy atom. The predicted octanol–water partition coefficient (Wildman–Crippen LogP) is 4.47. The van der Waals surface area contributed by atoms with Crippen molar-refractivity contribution in [2.24, 2.45) is 0 Å². The first-order chi connectivity index (χ1) is 18.5. The van der Waals surface area contributed by atoms with Gasteiger partial charge in [-0.25, -0.2) is 0 Å². The highest BCUT2D eigenvalue weighted by Crippen LogP contribution is 2.24. The summed E-state index contributed by atoms with van der Waals surface area (Å²) < 4.78 is 28.8. The number of carbonyl (C=O) groups is 1. The van der Waals surface area contributed by atoms with Crippen molar-refractivity contribution in [3.8, 4) is 0 Å². The van der Waals surface area contributed by atoms with E-state index in [1.165, 1.54) is 0 Å². The molecule has 0 spiro atoms. The number of hydrogen-bond donors (Lipinski definition) is 3. The molecular formula is C31H65N3O6. The summed E-state index contributed by atoms with van der Waals surface area (Å²) in [6.07, 6.45) is 4.66. The highest BCUT2D eigenvalue weighted by atomic mass is 16.5. The minimum absolute atomic E-state index is 0.0375. The summed E-state index contributed by atoms with van der Waals surface area (Å²) >= 11 is 0. The molecule has 0 atom stereocenters. The largest absolute Gasteiger partial charge is 0.380 e. The molecule has 1 amide bonds. The molecule has 9 heteroatoms. The molecule has 0 fully saturated rings. The van der Waals surface area contributed by atoms with Gasteiger partial charge in [-0.1, -0.05) is 0 Å². The van der Waals surface area contributed by atoms with Crippen molar-refractivity contribution in [1.29, 1.82) is 0 Å². The lowest BCUT2D eigenvalue weighted by atomic mass is 9.94. The van der Waals surface area contributed by atoms with Crippen LogP contribution in [0.5, 0.6) is 0 Å². The van der Waals surface area contributed by atoms with Gasteiger partial charge in [0.05, 0.1) is 44.2 Å². The van der Waals surface area contributed by atoms with E-state index >= 15 is 0 Å². The topological polar surface area (TPSA) is 99.3 Å². The zero-order valence-corrected chi connectivity index (χ0v) is 27.8. The van der Waals surface area contributed by atoms with Crippen LogP contribution in [-0.2, 0) is 28.5 Å². The third-order valence-corrected chi connectivity index (χ3v) is 6.08. The van der Waals surface area contributed by atoms with E-state index in [2.05, 4.69) is 71.3 Å². The quantitative estimate of drug-likeness (QED) is 0.137. The van der Waals surface area contributed by atoms with E-state index in [0.29, 0.717) is 46.2 Å². The number of rotatable bonds is 25. The molecule has 0 heterocycles. The van der Waals surface area contributed by atoms with E-state index in [-0.39, 0.29) is 29.2 Å². The van der Waals surface area contributed by atoms with Crippen molar-refractivity contribution < 1.29 is 28.5 Å². The Kier molecular flexibility index (Phi) is 20.5. The van der Waals surface area contributed by atoms with Crippen molar-refractivity contribution >= 4 is 5.91 Å². The average Bonchev–Trinajstić information content (AvgIpc) is 2.82. The Balaban J connectivity index is 3.76. The van der Waals surface area contributed by atoms with E-state index in [4.69, 9.17) is 23.7 Å². The van der Waals surface area contributed by atoms with Crippen molar-refractivity contribution in [2.45, 2.75) is 124 Å². The summed E-state index contributed by atoms with van der Waals surface area (Å²) in [5.74, 6) is -0.121. The highest BCUT2D eigenvalue weighted by Gasteiger charge is 2.26. The lowest BCUT2D eigenvalue weighted by molar-refractivity contribution is -0.133. The molecule has 0 aromatic carbocycles. The van der Waals surface area contributed by atoms with Crippen LogP contribution in [0.3, 0.4) is 0 Å². The van der Waals surface area contributed by atoms with E-state index in [1.54, 1.807) is 0 Å². The molecule has 0 aromatic rings. The monoisotopic (exact) mass is 575 g/mol. The van der Waals surface area contributed by atoms with Crippen LogP contribution in [0.4, 0.5) is 0 Å². The molecule has 3 N–H and O–H groups in total. The first-order valence-electron chi connectivity index (χ1n) is 15.3. The molecule has 0 aromatic heterocycles. The van der Waals surface area contributed by atoms with Crippen LogP contribution < -0.4 is 16.0 Å². The fraction of sp³-hybridized carbons (Fsp3) is 0.968. The first kappa shape index (κ1) is 39.2. The molecule has 0 aliphatic heterocycles. The zero-order chi connectivity index (χ0) is 30.5. The minimum Gasteiger partial charge on any atom is -0.380 e.